The van der Waals surface area contributed by atoms with Gasteiger partial charge in [0.25, 0.3) is 5.69 Å². The van der Waals surface area contributed by atoms with E-state index in [-0.39, 0.29) is 68.6 Å². The predicted molar refractivity (Wildman–Crippen MR) is 233 cm³/mol. The number of nitro groups is 1. The number of unbranched alkanes of at least 4 members (excludes halogenated alkanes) is 2. The second kappa shape index (κ2) is 20.5. The van der Waals surface area contributed by atoms with E-state index in [1.165, 1.54) is 41.3 Å². The van der Waals surface area contributed by atoms with Gasteiger partial charge in [-0.05, 0) is 112 Å². The van der Waals surface area contributed by atoms with Gasteiger partial charge in [-0.2, -0.15) is 0 Å². The van der Waals surface area contributed by atoms with Crippen LogP contribution in [0.15, 0.2) is 109 Å². The summed E-state index contributed by atoms with van der Waals surface area (Å²) < 4.78 is 40.8. The second-order valence-electron chi connectivity index (χ2n) is 16.9. The van der Waals surface area contributed by atoms with Crippen LogP contribution in [-0.4, -0.2) is 75.7 Å². The van der Waals surface area contributed by atoms with Crippen LogP contribution >= 0.6 is 0 Å². The molecule has 0 aromatic heterocycles. The van der Waals surface area contributed by atoms with E-state index in [1.807, 2.05) is 39.0 Å². The van der Waals surface area contributed by atoms with Gasteiger partial charge in [0.1, 0.15) is 41.3 Å². The molecule has 3 aromatic rings. The number of fused-ring (bicyclic) bond motifs is 2. The standard InChI is InChI=1S/C48H58FN3O10/c1-6-26-58-37-22-23-42-40(29-37)44-38(13-9-11-25-54)33(12-8-10-24-53)28-39-41(50-62-47(3,4)5)30-43(48(61-42,45(39)44)59-27-7-2)51(31-32-14-16-34(49)17-15-32)46(55)60-36-20-18-35(19-21-36)52(56)57/h6-7,14-23,28-29,33,38,43-45,53-54H,1-2,8-13,24-27,30-31H2,3-5H3/t33-,38+,43-,44+,45+,48+/m0/s1. The van der Waals surface area contributed by atoms with E-state index in [2.05, 4.69) is 19.2 Å². The molecular weight excluding hydrogens is 798 g/mol. The zero-order chi connectivity index (χ0) is 44.4. The summed E-state index contributed by atoms with van der Waals surface area (Å²) in [5.41, 5.74) is 2.04. The van der Waals surface area contributed by atoms with Gasteiger partial charge in [-0.15, -0.1) is 6.58 Å². The number of carbonyl (C=O) groups excluding carboxylic acids is 1. The Morgan fingerprint density at radius 1 is 0.984 bits per heavy atom. The molecule has 0 spiro atoms. The Morgan fingerprint density at radius 3 is 2.31 bits per heavy atom. The first kappa shape index (κ1) is 45.9. The molecule has 1 heterocycles. The Kier molecular flexibility index (Phi) is 15.2. The zero-order valence-electron chi connectivity index (χ0n) is 35.7. The number of allylic oxidation sites excluding steroid dienone is 1. The minimum atomic E-state index is -1.61. The highest BCUT2D eigenvalue weighted by molar-refractivity contribution is 6.03. The number of aliphatic hydroxyl groups is 2. The first-order chi connectivity index (χ1) is 29.8. The molecule has 0 saturated heterocycles. The number of benzene rings is 3. The number of ether oxygens (including phenoxy) is 4. The van der Waals surface area contributed by atoms with Crippen molar-refractivity contribution >= 4 is 17.5 Å². The third-order valence-electron chi connectivity index (χ3n) is 11.6. The molecule has 14 heteroatoms. The Balaban J connectivity index is 1.61. The monoisotopic (exact) mass is 855 g/mol. The van der Waals surface area contributed by atoms with Gasteiger partial charge in [-0.25, -0.2) is 9.18 Å². The van der Waals surface area contributed by atoms with E-state index in [4.69, 9.17) is 28.9 Å². The quantitative estimate of drug-likeness (QED) is 0.0485. The van der Waals surface area contributed by atoms with Crippen LogP contribution in [0.1, 0.15) is 82.8 Å². The van der Waals surface area contributed by atoms with Crippen LogP contribution in [0, 0.1) is 33.7 Å². The lowest BCUT2D eigenvalue weighted by atomic mass is 9.55. The number of carbonyl (C=O) groups is 1. The van der Waals surface area contributed by atoms with Crippen molar-refractivity contribution in [2.75, 3.05) is 26.4 Å². The maximum atomic E-state index is 14.9. The Bertz CT molecular complexity index is 2100. The number of hydrogen-bond donors (Lipinski definition) is 2. The van der Waals surface area contributed by atoms with E-state index in [0.717, 1.165) is 36.8 Å². The fourth-order valence-electron chi connectivity index (χ4n) is 8.97. The number of nitrogens with zero attached hydrogens (tertiary/aromatic N) is 3. The molecular formula is C48H58FN3O10. The molecule has 1 saturated carbocycles. The fraction of sp³-hybridized carbons (Fsp3) is 0.458. The summed E-state index contributed by atoms with van der Waals surface area (Å²) in [5, 5.41) is 36.1. The molecule has 0 radical (unpaired) electrons. The van der Waals surface area contributed by atoms with Crippen molar-refractivity contribution in [3.05, 3.63) is 131 Å². The topological polar surface area (TPSA) is 162 Å². The van der Waals surface area contributed by atoms with Gasteiger partial charge in [0.2, 0.25) is 5.79 Å². The van der Waals surface area contributed by atoms with Crippen LogP contribution in [0.4, 0.5) is 14.9 Å². The lowest BCUT2D eigenvalue weighted by Gasteiger charge is -2.60. The van der Waals surface area contributed by atoms with E-state index in [1.54, 1.807) is 24.3 Å². The minimum absolute atomic E-state index is 0.0103. The molecule has 2 aliphatic carbocycles. The molecule has 0 bridgehead atoms. The number of non-ortho nitro benzene ring substituents is 1. The molecule has 13 nitrogen and oxygen atoms in total. The van der Waals surface area contributed by atoms with Crippen molar-refractivity contribution in [2.45, 2.75) is 95.6 Å². The molecule has 6 rings (SSSR count). The number of rotatable bonds is 20. The van der Waals surface area contributed by atoms with Gasteiger partial charge in [0.15, 0.2) is 0 Å². The highest BCUT2D eigenvalue weighted by atomic mass is 19.1. The summed E-state index contributed by atoms with van der Waals surface area (Å²) in [5.74, 6) is -1.77. The summed E-state index contributed by atoms with van der Waals surface area (Å²) in [6, 6.07) is 15.7. The molecule has 2 N–H and O–H groups in total. The SMILES string of the molecule is C=CCOc1ccc2c(c1)[C@H]1[C@H](CCCCO)[C@@H](CCCCO)C=C3C(=NOC(C)(C)C)C[C@H](N(Cc4ccc(F)cc4)C(=O)Oc4ccc([N+](=O)[O-])cc4)[C@@](OCC=C)(O2)[C@H]31. The molecule has 3 aromatic carbocycles. The summed E-state index contributed by atoms with van der Waals surface area (Å²) in [6.45, 7) is 13.9. The fourth-order valence-corrected chi connectivity index (χ4v) is 8.97. The smallest absolute Gasteiger partial charge is 0.416 e. The maximum absolute atomic E-state index is 14.9. The van der Waals surface area contributed by atoms with Gasteiger partial charge in [-0.3, -0.25) is 15.0 Å². The molecule has 1 amide bonds. The number of oxime groups is 1. The molecule has 1 aliphatic heterocycles. The van der Waals surface area contributed by atoms with Crippen molar-refractivity contribution < 1.29 is 48.1 Å². The Labute approximate surface area is 362 Å². The van der Waals surface area contributed by atoms with Crippen LogP contribution < -0.4 is 14.2 Å². The van der Waals surface area contributed by atoms with E-state index < -0.39 is 40.2 Å². The zero-order valence-corrected chi connectivity index (χ0v) is 35.7. The number of halogens is 1. The van der Waals surface area contributed by atoms with Crippen LogP contribution in [0.2, 0.25) is 0 Å². The van der Waals surface area contributed by atoms with Crippen molar-refractivity contribution in [1.29, 1.82) is 0 Å². The van der Waals surface area contributed by atoms with Crippen LogP contribution in [0.3, 0.4) is 0 Å². The van der Waals surface area contributed by atoms with Crippen molar-refractivity contribution in [3.8, 4) is 17.2 Å². The average molecular weight is 856 g/mol. The molecule has 1 fully saturated rings. The van der Waals surface area contributed by atoms with Crippen LogP contribution in [0.5, 0.6) is 17.2 Å². The Morgan fingerprint density at radius 2 is 1.66 bits per heavy atom. The minimum Gasteiger partial charge on any atom is -0.490 e. The van der Waals surface area contributed by atoms with Gasteiger partial charge in [0.05, 0.1) is 23.2 Å². The summed E-state index contributed by atoms with van der Waals surface area (Å²) in [4.78, 5) is 33.5. The Hall–Kier alpha value is -5.57. The summed E-state index contributed by atoms with van der Waals surface area (Å²) in [6.07, 6.45) is 9.08. The van der Waals surface area contributed by atoms with Gasteiger partial charge in [0, 0.05) is 49.8 Å². The highest BCUT2D eigenvalue weighted by Gasteiger charge is 2.66. The normalized spacial score (nSPS) is 23.2. The van der Waals surface area contributed by atoms with Crippen molar-refractivity contribution in [2.24, 2.45) is 22.9 Å². The summed E-state index contributed by atoms with van der Waals surface area (Å²) in [7, 11) is 0. The summed E-state index contributed by atoms with van der Waals surface area (Å²) >= 11 is 0. The lowest BCUT2D eigenvalue weighted by molar-refractivity contribution is -0.384. The van der Waals surface area contributed by atoms with Gasteiger partial charge >= 0.3 is 6.09 Å². The lowest BCUT2D eigenvalue weighted by Crippen LogP contribution is -2.70. The van der Waals surface area contributed by atoms with Crippen LogP contribution in [0.25, 0.3) is 0 Å². The predicted octanol–water partition coefficient (Wildman–Crippen LogP) is 9.43. The number of aliphatic hydroxyl groups excluding tert-OH is 2. The molecule has 62 heavy (non-hydrogen) atoms. The average Bonchev–Trinajstić information content (AvgIpc) is 3.25. The first-order valence-corrected chi connectivity index (χ1v) is 21.3. The van der Waals surface area contributed by atoms with E-state index >= 15 is 0 Å². The molecule has 3 aliphatic rings. The third kappa shape index (κ3) is 10.5. The molecule has 332 valence electrons. The number of nitro benzene ring substituents is 1. The first-order valence-electron chi connectivity index (χ1n) is 21.3. The second-order valence-corrected chi connectivity index (χ2v) is 16.9. The maximum Gasteiger partial charge on any atom is 0.416 e. The molecule has 6 atom stereocenters. The van der Waals surface area contributed by atoms with E-state index in [9.17, 15) is 29.5 Å². The van der Waals surface area contributed by atoms with Crippen molar-refractivity contribution in [3.63, 3.8) is 0 Å². The van der Waals surface area contributed by atoms with Gasteiger partial charge < -0.3 is 34.0 Å². The largest absolute Gasteiger partial charge is 0.490 e. The van der Waals surface area contributed by atoms with Crippen molar-refractivity contribution in [1.82, 2.24) is 4.90 Å². The molecule has 0 unspecified atom stereocenters. The number of hydrogen-bond acceptors (Lipinski definition) is 11. The number of amides is 1. The highest BCUT2D eigenvalue weighted by Crippen LogP contribution is 2.62. The van der Waals surface area contributed by atoms with Crippen LogP contribution in [-0.2, 0) is 16.1 Å². The van der Waals surface area contributed by atoms with E-state index in [0.29, 0.717) is 35.6 Å². The van der Waals surface area contributed by atoms with Gasteiger partial charge in [-0.1, -0.05) is 54.9 Å². The third-order valence-corrected chi connectivity index (χ3v) is 11.6.